The van der Waals surface area contributed by atoms with Gasteiger partial charge in [-0.25, -0.2) is 9.18 Å². The molecule has 4 amide bonds. The van der Waals surface area contributed by atoms with Crippen molar-refractivity contribution in [2.75, 3.05) is 25.5 Å². The molecule has 0 spiro atoms. The van der Waals surface area contributed by atoms with E-state index in [1.54, 1.807) is 0 Å². The molecular formula is C17H19ClFN3O5. The van der Waals surface area contributed by atoms with Crippen molar-refractivity contribution in [3.05, 3.63) is 29.0 Å². The first-order chi connectivity index (χ1) is 12.7. The highest BCUT2D eigenvalue weighted by atomic mass is 35.5. The van der Waals surface area contributed by atoms with Crippen LogP contribution in [0.3, 0.4) is 0 Å². The Labute approximate surface area is 160 Å². The number of imide groups is 1. The first-order valence-electron chi connectivity index (χ1n) is 8.20. The summed E-state index contributed by atoms with van der Waals surface area (Å²) < 4.78 is 18.0. The third-order valence-electron chi connectivity index (χ3n) is 3.86. The molecule has 1 heterocycles. The summed E-state index contributed by atoms with van der Waals surface area (Å²) in [5.41, 5.74) is 0.196. The average Bonchev–Trinajstić information content (AvgIpc) is 2.83. The van der Waals surface area contributed by atoms with Gasteiger partial charge in [0.05, 0.1) is 10.7 Å². The Balaban J connectivity index is 1.77. The first-order valence-corrected chi connectivity index (χ1v) is 8.57. The van der Waals surface area contributed by atoms with Crippen LogP contribution in [-0.4, -0.2) is 59.9 Å². The molecule has 0 bridgehead atoms. The number of halogens is 2. The molecule has 1 saturated heterocycles. The number of benzene rings is 1. The number of hydrogen-bond donors (Lipinski definition) is 1. The molecule has 0 radical (unpaired) electrons. The lowest BCUT2D eigenvalue weighted by molar-refractivity contribution is -0.153. The van der Waals surface area contributed by atoms with Gasteiger partial charge in [0.1, 0.15) is 12.4 Å². The predicted molar refractivity (Wildman–Crippen MR) is 94.6 cm³/mol. The molecule has 1 aromatic rings. The van der Waals surface area contributed by atoms with Gasteiger partial charge < -0.3 is 15.0 Å². The van der Waals surface area contributed by atoms with E-state index >= 15 is 0 Å². The van der Waals surface area contributed by atoms with E-state index in [4.69, 9.17) is 16.3 Å². The minimum atomic E-state index is -1.10. The summed E-state index contributed by atoms with van der Waals surface area (Å²) in [6.45, 7) is 1.50. The van der Waals surface area contributed by atoms with Gasteiger partial charge in [0.25, 0.3) is 5.91 Å². The third-order valence-corrected chi connectivity index (χ3v) is 4.17. The zero-order valence-electron chi connectivity index (χ0n) is 14.8. The number of nitrogens with one attached hydrogen (secondary N) is 1. The highest BCUT2D eigenvalue weighted by molar-refractivity contribution is 6.33. The summed E-state index contributed by atoms with van der Waals surface area (Å²) in [6.07, 6.45) is -0.933. The Morgan fingerprint density at radius 1 is 1.37 bits per heavy atom. The summed E-state index contributed by atoms with van der Waals surface area (Å²) >= 11 is 5.82. The fourth-order valence-corrected chi connectivity index (χ4v) is 2.62. The SMILES string of the molecule is C[C@@H](OC(=O)CCCN1C(=O)CN(C)C1=O)C(=O)Nc1ccc(F)cc1Cl. The highest BCUT2D eigenvalue weighted by Crippen LogP contribution is 2.22. The van der Waals surface area contributed by atoms with Gasteiger partial charge in [-0.1, -0.05) is 11.6 Å². The quantitative estimate of drug-likeness (QED) is 0.559. The second-order valence-electron chi connectivity index (χ2n) is 6.03. The van der Waals surface area contributed by atoms with Gasteiger partial charge in [-0.15, -0.1) is 0 Å². The number of anilines is 1. The Kier molecular flexibility index (Phi) is 6.73. The molecule has 0 aromatic heterocycles. The molecule has 1 aliphatic rings. The largest absolute Gasteiger partial charge is 0.453 e. The van der Waals surface area contributed by atoms with Crippen molar-refractivity contribution in [3.63, 3.8) is 0 Å². The van der Waals surface area contributed by atoms with Crippen LogP contribution in [0.1, 0.15) is 19.8 Å². The van der Waals surface area contributed by atoms with E-state index in [1.165, 1.54) is 24.9 Å². The maximum absolute atomic E-state index is 13.0. The Hall–Kier alpha value is -2.68. The number of carbonyl (C=O) groups excluding carboxylic acids is 4. The zero-order chi connectivity index (χ0) is 20.1. The third kappa shape index (κ3) is 5.40. The monoisotopic (exact) mass is 399 g/mol. The van der Waals surface area contributed by atoms with Crippen LogP contribution in [0.4, 0.5) is 14.9 Å². The molecule has 1 fully saturated rings. The van der Waals surface area contributed by atoms with Crippen LogP contribution >= 0.6 is 11.6 Å². The molecule has 27 heavy (non-hydrogen) atoms. The van der Waals surface area contributed by atoms with E-state index in [0.29, 0.717) is 0 Å². The summed E-state index contributed by atoms with van der Waals surface area (Å²) in [5.74, 6) is -2.13. The van der Waals surface area contributed by atoms with Gasteiger partial charge >= 0.3 is 12.0 Å². The number of amides is 4. The number of likely N-dealkylation sites (N-methyl/N-ethyl adjacent to an activating group) is 1. The highest BCUT2D eigenvalue weighted by Gasteiger charge is 2.33. The van der Waals surface area contributed by atoms with Crippen LogP contribution in [0.2, 0.25) is 5.02 Å². The van der Waals surface area contributed by atoms with E-state index in [9.17, 15) is 23.6 Å². The lowest BCUT2D eigenvalue weighted by atomic mass is 10.2. The molecule has 8 nitrogen and oxygen atoms in total. The van der Waals surface area contributed by atoms with Gasteiger partial charge in [-0.05, 0) is 31.5 Å². The zero-order valence-corrected chi connectivity index (χ0v) is 15.6. The summed E-state index contributed by atoms with van der Waals surface area (Å²) in [4.78, 5) is 49.6. The van der Waals surface area contributed by atoms with E-state index in [1.807, 2.05) is 0 Å². The van der Waals surface area contributed by atoms with Crippen molar-refractivity contribution in [2.45, 2.75) is 25.9 Å². The molecule has 10 heteroatoms. The minimum Gasteiger partial charge on any atom is -0.453 e. The molecule has 1 atom stereocenters. The van der Waals surface area contributed by atoms with Gasteiger partial charge in [0.15, 0.2) is 6.10 Å². The molecule has 1 aromatic carbocycles. The molecule has 0 unspecified atom stereocenters. The van der Waals surface area contributed by atoms with E-state index in [-0.39, 0.29) is 42.5 Å². The second-order valence-corrected chi connectivity index (χ2v) is 6.44. The molecular weight excluding hydrogens is 381 g/mol. The first kappa shape index (κ1) is 20.6. The predicted octanol–water partition coefficient (Wildman–Crippen LogP) is 2.02. The summed E-state index contributed by atoms with van der Waals surface area (Å²) in [5, 5.41) is 2.46. The topological polar surface area (TPSA) is 96.0 Å². The summed E-state index contributed by atoms with van der Waals surface area (Å²) in [6, 6.07) is 3.07. The minimum absolute atomic E-state index is 0.0202. The van der Waals surface area contributed by atoms with Gasteiger partial charge in [0.2, 0.25) is 5.91 Å². The van der Waals surface area contributed by atoms with Crippen LogP contribution in [0.25, 0.3) is 0 Å². The van der Waals surface area contributed by atoms with Gasteiger partial charge in [0, 0.05) is 20.0 Å². The Bertz CT molecular complexity index is 773. The number of hydrogen-bond acceptors (Lipinski definition) is 5. The fraction of sp³-hybridized carbons (Fsp3) is 0.412. The van der Waals surface area contributed by atoms with Crippen molar-refractivity contribution < 1.29 is 28.3 Å². The van der Waals surface area contributed by atoms with Crippen LogP contribution in [-0.2, 0) is 19.1 Å². The Morgan fingerprint density at radius 3 is 2.67 bits per heavy atom. The van der Waals surface area contributed by atoms with Crippen molar-refractivity contribution in [1.82, 2.24) is 9.80 Å². The molecule has 1 aliphatic heterocycles. The number of carbonyl (C=O) groups is 4. The normalized spacial score (nSPS) is 15.1. The maximum atomic E-state index is 13.0. The van der Waals surface area contributed by atoms with Crippen molar-refractivity contribution in [2.24, 2.45) is 0 Å². The van der Waals surface area contributed by atoms with Crippen LogP contribution in [0.15, 0.2) is 18.2 Å². The number of nitrogens with zero attached hydrogens (tertiary/aromatic N) is 2. The van der Waals surface area contributed by atoms with Crippen molar-refractivity contribution in [3.8, 4) is 0 Å². The molecule has 0 aliphatic carbocycles. The smallest absolute Gasteiger partial charge is 0.326 e. The van der Waals surface area contributed by atoms with Crippen LogP contribution in [0.5, 0.6) is 0 Å². The van der Waals surface area contributed by atoms with Crippen LogP contribution in [0, 0.1) is 5.82 Å². The lowest BCUT2D eigenvalue weighted by Gasteiger charge is -2.15. The fourth-order valence-electron chi connectivity index (χ4n) is 2.41. The number of urea groups is 1. The van der Waals surface area contributed by atoms with Crippen molar-refractivity contribution >= 4 is 41.1 Å². The number of rotatable bonds is 7. The van der Waals surface area contributed by atoms with E-state index in [2.05, 4.69) is 5.32 Å². The van der Waals surface area contributed by atoms with E-state index < -0.39 is 29.8 Å². The number of esters is 1. The molecule has 1 N–H and O–H groups in total. The lowest BCUT2D eigenvalue weighted by Crippen LogP contribution is -2.33. The number of ether oxygens (including phenoxy) is 1. The Morgan fingerprint density at radius 2 is 2.07 bits per heavy atom. The van der Waals surface area contributed by atoms with Gasteiger partial charge in [-0.2, -0.15) is 0 Å². The summed E-state index contributed by atoms with van der Waals surface area (Å²) in [7, 11) is 1.52. The standard InChI is InChI=1S/C17H19ClFN3O5/c1-10(16(25)20-13-6-5-11(19)8-12(13)18)27-15(24)4-3-7-22-14(23)9-21(2)17(22)26/h5-6,8,10H,3-4,7,9H2,1-2H3,(H,20,25)/t10-/m1/s1. The molecule has 146 valence electrons. The van der Waals surface area contributed by atoms with E-state index in [0.717, 1.165) is 17.0 Å². The molecule has 0 saturated carbocycles. The second kappa shape index (κ2) is 8.81. The average molecular weight is 400 g/mol. The van der Waals surface area contributed by atoms with Gasteiger partial charge in [-0.3, -0.25) is 19.3 Å². The van der Waals surface area contributed by atoms with Crippen molar-refractivity contribution in [1.29, 1.82) is 0 Å². The maximum Gasteiger partial charge on any atom is 0.326 e. The molecule has 2 rings (SSSR count). The van der Waals surface area contributed by atoms with Crippen LogP contribution < -0.4 is 5.32 Å².